The minimum absolute atomic E-state index is 0.0185. The lowest BCUT2D eigenvalue weighted by Crippen LogP contribution is -2.36. The molecule has 1 fully saturated rings. The number of nitrogens with zero attached hydrogens (tertiary/aromatic N) is 2. The molecule has 5 rings (SSSR count). The zero-order chi connectivity index (χ0) is 25.9. The highest BCUT2D eigenvalue weighted by molar-refractivity contribution is 7.15. The van der Waals surface area contributed by atoms with Crippen LogP contribution in [0.5, 0.6) is 0 Å². The molecule has 0 bridgehead atoms. The summed E-state index contributed by atoms with van der Waals surface area (Å²) in [6.45, 7) is 0. The Labute approximate surface area is 218 Å². The number of anilines is 2. The SMILES string of the molecule is CN1C(=O)C[C@H](c2ccccc2)[C@@H]1C(O)c1ccc(-c2cccc(N(C=O)Nc3ccc(F)cc3)c2)s1. The molecule has 1 aromatic heterocycles. The maximum Gasteiger partial charge on any atom is 0.232 e. The third kappa shape index (κ3) is 5.12. The Hall–Kier alpha value is -4.01. The zero-order valence-corrected chi connectivity index (χ0v) is 20.9. The number of thiophene rings is 1. The van der Waals surface area contributed by atoms with Crippen LogP contribution in [0.15, 0.2) is 91.0 Å². The molecule has 8 heteroatoms. The number of likely N-dealkylation sites (tertiary alicyclic amines) is 1. The second-order valence-electron chi connectivity index (χ2n) is 9.01. The predicted molar refractivity (Wildman–Crippen MR) is 144 cm³/mol. The van der Waals surface area contributed by atoms with Gasteiger partial charge in [-0.3, -0.25) is 15.0 Å². The molecule has 2 amide bonds. The normalized spacial score (nSPS) is 18.0. The summed E-state index contributed by atoms with van der Waals surface area (Å²) in [5.74, 6) is -0.435. The van der Waals surface area contributed by atoms with Crippen molar-refractivity contribution in [3.8, 4) is 10.4 Å². The average Bonchev–Trinajstić information content (AvgIpc) is 3.54. The van der Waals surface area contributed by atoms with E-state index in [1.54, 1.807) is 30.1 Å². The third-order valence-corrected chi connectivity index (χ3v) is 7.93. The number of aliphatic hydroxyl groups is 1. The molecule has 0 saturated carbocycles. The van der Waals surface area contributed by atoms with Gasteiger partial charge in [0.2, 0.25) is 12.3 Å². The van der Waals surface area contributed by atoms with Crippen LogP contribution in [0.2, 0.25) is 0 Å². The Kier molecular flexibility index (Phi) is 7.03. The average molecular weight is 516 g/mol. The summed E-state index contributed by atoms with van der Waals surface area (Å²) in [5, 5.41) is 12.7. The maximum atomic E-state index is 13.2. The van der Waals surface area contributed by atoms with Crippen LogP contribution in [-0.2, 0) is 9.59 Å². The molecule has 3 aromatic carbocycles. The topological polar surface area (TPSA) is 72.9 Å². The molecule has 188 valence electrons. The van der Waals surface area contributed by atoms with Gasteiger partial charge in [-0.1, -0.05) is 42.5 Å². The zero-order valence-electron chi connectivity index (χ0n) is 20.1. The van der Waals surface area contributed by atoms with E-state index in [0.717, 1.165) is 20.9 Å². The molecular formula is C29H26FN3O3S. The van der Waals surface area contributed by atoms with Gasteiger partial charge in [0.15, 0.2) is 0 Å². The van der Waals surface area contributed by atoms with Gasteiger partial charge in [0, 0.05) is 29.1 Å². The molecule has 1 unspecified atom stereocenters. The summed E-state index contributed by atoms with van der Waals surface area (Å²) >= 11 is 1.46. The highest BCUT2D eigenvalue weighted by Crippen LogP contribution is 2.43. The molecule has 0 radical (unpaired) electrons. The van der Waals surface area contributed by atoms with Crippen molar-refractivity contribution in [1.29, 1.82) is 0 Å². The van der Waals surface area contributed by atoms with E-state index in [-0.39, 0.29) is 23.7 Å². The van der Waals surface area contributed by atoms with E-state index in [9.17, 15) is 19.1 Å². The first kappa shape index (κ1) is 24.7. The van der Waals surface area contributed by atoms with Gasteiger partial charge < -0.3 is 10.0 Å². The lowest BCUT2D eigenvalue weighted by atomic mass is 9.88. The van der Waals surface area contributed by atoms with Crippen molar-refractivity contribution in [1.82, 2.24) is 4.90 Å². The van der Waals surface area contributed by atoms with Crippen molar-refractivity contribution in [2.24, 2.45) is 0 Å². The van der Waals surface area contributed by atoms with Crippen molar-refractivity contribution in [3.63, 3.8) is 0 Å². The maximum absolute atomic E-state index is 13.2. The number of carbonyl (C=O) groups excluding carboxylic acids is 2. The predicted octanol–water partition coefficient (Wildman–Crippen LogP) is 5.59. The van der Waals surface area contributed by atoms with Gasteiger partial charge in [-0.25, -0.2) is 9.40 Å². The van der Waals surface area contributed by atoms with E-state index in [1.165, 1.54) is 28.5 Å². The van der Waals surface area contributed by atoms with E-state index in [0.29, 0.717) is 24.2 Å². The van der Waals surface area contributed by atoms with Gasteiger partial charge >= 0.3 is 0 Å². The highest BCUT2D eigenvalue weighted by atomic mass is 32.1. The van der Waals surface area contributed by atoms with E-state index in [4.69, 9.17) is 0 Å². The minimum atomic E-state index is -0.838. The molecule has 1 saturated heterocycles. The number of hydrazine groups is 1. The van der Waals surface area contributed by atoms with Crippen molar-refractivity contribution >= 4 is 35.0 Å². The Morgan fingerprint density at radius 2 is 1.81 bits per heavy atom. The second-order valence-corrected chi connectivity index (χ2v) is 10.1. The number of benzene rings is 3. The van der Waals surface area contributed by atoms with Crippen LogP contribution in [0, 0.1) is 5.82 Å². The molecule has 1 aliphatic heterocycles. The van der Waals surface area contributed by atoms with E-state index in [2.05, 4.69) is 5.43 Å². The van der Waals surface area contributed by atoms with Crippen LogP contribution in [0.1, 0.15) is 28.9 Å². The van der Waals surface area contributed by atoms with Crippen LogP contribution in [0.3, 0.4) is 0 Å². The lowest BCUT2D eigenvalue weighted by molar-refractivity contribution is -0.128. The fraction of sp³-hybridized carbons (Fsp3) is 0.172. The first-order valence-corrected chi connectivity index (χ1v) is 12.7. The van der Waals surface area contributed by atoms with Crippen molar-refractivity contribution in [2.45, 2.75) is 24.5 Å². The molecule has 3 atom stereocenters. The summed E-state index contributed by atoms with van der Waals surface area (Å²) in [5.41, 5.74) is 6.06. The fourth-order valence-corrected chi connectivity index (χ4v) is 5.83. The minimum Gasteiger partial charge on any atom is -0.385 e. The number of nitrogens with one attached hydrogen (secondary N) is 1. The number of carbonyl (C=O) groups is 2. The second kappa shape index (κ2) is 10.5. The fourth-order valence-electron chi connectivity index (χ4n) is 4.80. The summed E-state index contributed by atoms with van der Waals surface area (Å²) < 4.78 is 13.2. The van der Waals surface area contributed by atoms with Gasteiger partial charge in [-0.2, -0.15) is 0 Å². The third-order valence-electron chi connectivity index (χ3n) is 6.72. The lowest BCUT2D eigenvalue weighted by Gasteiger charge is -2.29. The van der Waals surface area contributed by atoms with Crippen LogP contribution in [0.4, 0.5) is 15.8 Å². The molecule has 4 aromatic rings. The quantitative estimate of drug-likeness (QED) is 0.237. The Morgan fingerprint density at radius 3 is 2.54 bits per heavy atom. The summed E-state index contributed by atoms with van der Waals surface area (Å²) in [6, 6.07) is 26.5. The summed E-state index contributed by atoms with van der Waals surface area (Å²) in [6.07, 6.45) is 0.184. The molecule has 37 heavy (non-hydrogen) atoms. The molecule has 1 aliphatic rings. The van der Waals surface area contributed by atoms with Crippen LogP contribution >= 0.6 is 11.3 Å². The van der Waals surface area contributed by atoms with Gasteiger partial charge in [0.1, 0.15) is 11.9 Å². The van der Waals surface area contributed by atoms with Gasteiger partial charge in [0.05, 0.1) is 17.4 Å². The molecular weight excluding hydrogens is 489 g/mol. The van der Waals surface area contributed by atoms with Crippen molar-refractivity contribution in [3.05, 3.63) is 107 Å². The van der Waals surface area contributed by atoms with Gasteiger partial charge in [0.25, 0.3) is 0 Å². The van der Waals surface area contributed by atoms with Crippen LogP contribution in [-0.4, -0.2) is 35.4 Å². The van der Waals surface area contributed by atoms with Crippen molar-refractivity contribution in [2.75, 3.05) is 17.5 Å². The van der Waals surface area contributed by atoms with Crippen LogP contribution in [0.25, 0.3) is 10.4 Å². The monoisotopic (exact) mass is 515 g/mol. The largest absolute Gasteiger partial charge is 0.385 e. The smallest absolute Gasteiger partial charge is 0.232 e. The summed E-state index contributed by atoms with van der Waals surface area (Å²) in [4.78, 5) is 27.7. The molecule has 6 nitrogen and oxygen atoms in total. The van der Waals surface area contributed by atoms with E-state index < -0.39 is 6.10 Å². The number of hydrogen-bond donors (Lipinski definition) is 2. The number of rotatable bonds is 8. The number of hydrogen-bond acceptors (Lipinski definition) is 5. The first-order valence-electron chi connectivity index (χ1n) is 11.9. The summed E-state index contributed by atoms with van der Waals surface area (Å²) in [7, 11) is 1.75. The number of aliphatic hydroxyl groups excluding tert-OH is 1. The molecule has 2 heterocycles. The van der Waals surface area contributed by atoms with E-state index >= 15 is 0 Å². The number of amides is 2. The van der Waals surface area contributed by atoms with Gasteiger partial charge in [-0.05, 0) is 59.7 Å². The standard InChI is InChI=1S/C29H26FN3O3S/c1-32-27(35)17-24(19-6-3-2-4-7-19)28(32)29(36)26-15-14-25(37-26)20-8-5-9-23(16-20)33(18-34)31-22-12-10-21(30)11-13-22/h2-16,18,24,28-29,31,36H,17H2,1H3/t24-,28-,29?/m1/s1. The molecule has 0 aliphatic carbocycles. The van der Waals surface area contributed by atoms with Gasteiger partial charge in [-0.15, -0.1) is 11.3 Å². The van der Waals surface area contributed by atoms with Crippen molar-refractivity contribution < 1.29 is 19.1 Å². The Balaban J connectivity index is 1.38. The Morgan fingerprint density at radius 1 is 1.05 bits per heavy atom. The Bertz CT molecular complexity index is 1390. The van der Waals surface area contributed by atoms with Crippen LogP contribution < -0.4 is 10.4 Å². The number of halogens is 1. The molecule has 2 N–H and O–H groups in total. The highest BCUT2D eigenvalue weighted by Gasteiger charge is 2.43. The van der Waals surface area contributed by atoms with E-state index in [1.807, 2.05) is 60.7 Å². The molecule has 0 spiro atoms. The number of likely N-dealkylation sites (N-methyl/N-ethyl adjacent to an activating group) is 1. The first-order chi connectivity index (χ1) is 17.9.